The van der Waals surface area contributed by atoms with Crippen LogP contribution in [0.3, 0.4) is 0 Å². The number of carbonyl (C=O) groups excluding carboxylic acids is 1. The summed E-state index contributed by atoms with van der Waals surface area (Å²) in [5.41, 5.74) is 7.95. The van der Waals surface area contributed by atoms with Crippen molar-refractivity contribution < 1.29 is 4.79 Å². The number of rotatable bonds is 7. The van der Waals surface area contributed by atoms with Gasteiger partial charge in [-0.15, -0.1) is 0 Å². The Bertz CT molecular complexity index is 700. The Morgan fingerprint density at radius 3 is 2.78 bits per heavy atom. The number of nitriles is 1. The third-order valence-electron chi connectivity index (χ3n) is 3.50. The number of nitrogen functional groups attached to an aromatic ring is 1. The molecule has 0 aliphatic heterocycles. The van der Waals surface area contributed by atoms with Crippen molar-refractivity contribution in [1.29, 1.82) is 5.26 Å². The topological polar surface area (TPSA) is 96.7 Å². The van der Waals surface area contributed by atoms with Gasteiger partial charge in [-0.25, -0.2) is 4.68 Å². The van der Waals surface area contributed by atoms with Crippen molar-refractivity contribution in [2.45, 2.75) is 32.6 Å². The van der Waals surface area contributed by atoms with Crippen molar-refractivity contribution in [1.82, 2.24) is 15.1 Å². The quantitative estimate of drug-likeness (QED) is 0.766. The maximum atomic E-state index is 11.4. The van der Waals surface area contributed by atoms with Crippen LogP contribution in [0.1, 0.15) is 37.4 Å². The Kier molecular flexibility index (Phi) is 5.75. The van der Waals surface area contributed by atoms with Crippen LogP contribution in [0, 0.1) is 11.3 Å². The molecule has 0 aliphatic carbocycles. The van der Waals surface area contributed by atoms with E-state index in [2.05, 4.69) is 16.5 Å². The Balaban J connectivity index is 2.05. The fourth-order valence-electron chi connectivity index (χ4n) is 2.34. The van der Waals surface area contributed by atoms with Gasteiger partial charge in [0.2, 0.25) is 5.91 Å². The fourth-order valence-corrected chi connectivity index (χ4v) is 2.34. The number of hydrogen-bond acceptors (Lipinski definition) is 4. The van der Waals surface area contributed by atoms with Gasteiger partial charge in [-0.1, -0.05) is 25.1 Å². The van der Waals surface area contributed by atoms with E-state index < -0.39 is 0 Å². The first-order valence-corrected chi connectivity index (χ1v) is 7.77. The molecule has 0 bridgehead atoms. The highest BCUT2D eigenvalue weighted by Crippen LogP contribution is 2.21. The Morgan fingerprint density at radius 1 is 1.39 bits per heavy atom. The van der Waals surface area contributed by atoms with Gasteiger partial charge in [-0.05, 0) is 31.4 Å². The molecule has 1 aromatic heterocycles. The van der Waals surface area contributed by atoms with Crippen molar-refractivity contribution >= 4 is 11.7 Å². The van der Waals surface area contributed by atoms with Crippen molar-refractivity contribution in [2.24, 2.45) is 0 Å². The Labute approximate surface area is 135 Å². The third-order valence-corrected chi connectivity index (χ3v) is 3.50. The van der Waals surface area contributed by atoms with Crippen LogP contribution < -0.4 is 11.1 Å². The number of para-hydroxylation sites is 1. The lowest BCUT2D eigenvalue weighted by Crippen LogP contribution is -2.24. The number of benzene rings is 1. The molecule has 6 nitrogen and oxygen atoms in total. The zero-order valence-electron chi connectivity index (χ0n) is 13.2. The Morgan fingerprint density at radius 2 is 2.13 bits per heavy atom. The van der Waals surface area contributed by atoms with E-state index in [1.54, 1.807) is 4.68 Å². The first-order valence-electron chi connectivity index (χ1n) is 7.77. The number of nitrogens with two attached hydrogens (primary N) is 1. The summed E-state index contributed by atoms with van der Waals surface area (Å²) in [5.74, 6) is 0.408. The molecule has 0 saturated heterocycles. The summed E-state index contributed by atoms with van der Waals surface area (Å²) in [5, 5.41) is 16.6. The molecule has 23 heavy (non-hydrogen) atoms. The molecule has 2 rings (SSSR count). The number of nitrogens with zero attached hydrogens (tertiary/aromatic N) is 3. The monoisotopic (exact) mass is 311 g/mol. The molecule has 2 aromatic rings. The number of carbonyl (C=O) groups is 1. The summed E-state index contributed by atoms with van der Waals surface area (Å²) in [4.78, 5) is 11.4. The van der Waals surface area contributed by atoms with Crippen molar-refractivity contribution in [2.75, 3.05) is 12.3 Å². The first-order chi connectivity index (χ1) is 11.2. The molecule has 0 atom stereocenters. The molecule has 0 radical (unpaired) electrons. The SMILES string of the molecule is CCCC(=O)NCCCc1nn(-c2ccccc2)c(N)c1C#N. The van der Waals surface area contributed by atoms with Crippen molar-refractivity contribution in [3.63, 3.8) is 0 Å². The lowest BCUT2D eigenvalue weighted by molar-refractivity contribution is -0.121. The van der Waals surface area contributed by atoms with Crippen LogP contribution in [0.2, 0.25) is 0 Å². The highest BCUT2D eigenvalue weighted by Gasteiger charge is 2.16. The summed E-state index contributed by atoms with van der Waals surface area (Å²) in [6, 6.07) is 11.6. The fraction of sp³-hybridized carbons (Fsp3) is 0.353. The van der Waals surface area contributed by atoms with Crippen LogP contribution >= 0.6 is 0 Å². The van der Waals surface area contributed by atoms with Gasteiger partial charge in [0.15, 0.2) is 0 Å². The number of amides is 1. The molecule has 0 fully saturated rings. The third kappa shape index (κ3) is 4.10. The van der Waals surface area contributed by atoms with E-state index in [0.717, 1.165) is 18.5 Å². The van der Waals surface area contributed by atoms with Gasteiger partial charge in [0, 0.05) is 13.0 Å². The van der Waals surface area contributed by atoms with Gasteiger partial charge in [-0.3, -0.25) is 4.79 Å². The predicted octanol–water partition coefficient (Wildman–Crippen LogP) is 2.18. The first kappa shape index (κ1) is 16.6. The average molecular weight is 311 g/mol. The molecule has 1 aromatic carbocycles. The maximum absolute atomic E-state index is 11.4. The zero-order chi connectivity index (χ0) is 16.7. The molecule has 1 amide bonds. The van der Waals surface area contributed by atoms with E-state index in [9.17, 15) is 10.1 Å². The normalized spacial score (nSPS) is 10.3. The van der Waals surface area contributed by atoms with Crippen LogP contribution in [0.5, 0.6) is 0 Å². The van der Waals surface area contributed by atoms with Gasteiger partial charge in [0.05, 0.1) is 11.4 Å². The van der Waals surface area contributed by atoms with E-state index in [-0.39, 0.29) is 5.91 Å². The average Bonchev–Trinajstić information content (AvgIpc) is 2.88. The standard InChI is InChI=1S/C17H21N5O/c1-2-7-16(23)20-11-6-10-15-14(12-18)17(19)22(21-15)13-8-4-3-5-9-13/h3-5,8-9H,2,6-7,10-11,19H2,1H3,(H,20,23). The van der Waals surface area contributed by atoms with Crippen LogP contribution in [-0.4, -0.2) is 22.2 Å². The van der Waals surface area contributed by atoms with Gasteiger partial charge in [-0.2, -0.15) is 10.4 Å². The molecule has 0 spiro atoms. The molecule has 1 heterocycles. The predicted molar refractivity (Wildman–Crippen MR) is 88.9 cm³/mol. The summed E-state index contributed by atoms with van der Waals surface area (Å²) in [7, 11) is 0. The summed E-state index contributed by atoms with van der Waals surface area (Å²) in [6.45, 7) is 2.54. The van der Waals surface area contributed by atoms with Gasteiger partial charge < -0.3 is 11.1 Å². The van der Waals surface area contributed by atoms with Gasteiger partial charge in [0.1, 0.15) is 17.5 Å². The minimum atomic E-state index is 0.0577. The van der Waals surface area contributed by atoms with E-state index in [1.165, 1.54) is 0 Å². The highest BCUT2D eigenvalue weighted by atomic mass is 16.1. The van der Waals surface area contributed by atoms with E-state index in [0.29, 0.717) is 36.5 Å². The van der Waals surface area contributed by atoms with Crippen molar-refractivity contribution in [3.8, 4) is 11.8 Å². The molecular weight excluding hydrogens is 290 g/mol. The van der Waals surface area contributed by atoms with Crippen LogP contribution in [0.4, 0.5) is 5.82 Å². The summed E-state index contributed by atoms with van der Waals surface area (Å²) < 4.78 is 1.59. The molecule has 3 N–H and O–H groups in total. The van der Waals surface area contributed by atoms with E-state index >= 15 is 0 Å². The molecule has 6 heteroatoms. The number of aryl methyl sites for hydroxylation is 1. The van der Waals surface area contributed by atoms with Gasteiger partial charge >= 0.3 is 0 Å². The molecular formula is C17H21N5O. The second-order valence-corrected chi connectivity index (χ2v) is 5.27. The minimum Gasteiger partial charge on any atom is -0.382 e. The number of aromatic nitrogens is 2. The van der Waals surface area contributed by atoms with E-state index in [1.807, 2.05) is 37.3 Å². The summed E-state index contributed by atoms with van der Waals surface area (Å²) in [6.07, 6.45) is 2.69. The van der Waals surface area contributed by atoms with Crippen LogP contribution in [-0.2, 0) is 11.2 Å². The van der Waals surface area contributed by atoms with Crippen LogP contribution in [0.25, 0.3) is 5.69 Å². The number of anilines is 1. The zero-order valence-corrected chi connectivity index (χ0v) is 13.2. The van der Waals surface area contributed by atoms with Crippen LogP contribution in [0.15, 0.2) is 30.3 Å². The lowest BCUT2D eigenvalue weighted by Gasteiger charge is -2.03. The maximum Gasteiger partial charge on any atom is 0.219 e. The minimum absolute atomic E-state index is 0.0577. The molecule has 0 unspecified atom stereocenters. The second kappa shape index (κ2) is 7.99. The largest absolute Gasteiger partial charge is 0.382 e. The Hall–Kier alpha value is -2.81. The smallest absolute Gasteiger partial charge is 0.219 e. The summed E-state index contributed by atoms with van der Waals surface area (Å²) >= 11 is 0. The molecule has 0 saturated carbocycles. The van der Waals surface area contributed by atoms with Crippen molar-refractivity contribution in [3.05, 3.63) is 41.6 Å². The highest BCUT2D eigenvalue weighted by molar-refractivity contribution is 5.75. The number of hydrogen-bond donors (Lipinski definition) is 2. The number of nitrogens with one attached hydrogen (secondary N) is 1. The van der Waals surface area contributed by atoms with Gasteiger partial charge in [0.25, 0.3) is 0 Å². The lowest BCUT2D eigenvalue weighted by atomic mass is 10.1. The second-order valence-electron chi connectivity index (χ2n) is 5.27. The molecule has 0 aliphatic rings. The molecule has 120 valence electrons. The van der Waals surface area contributed by atoms with E-state index in [4.69, 9.17) is 5.73 Å².